The van der Waals surface area contributed by atoms with E-state index in [1.165, 1.54) is 71.1 Å². The molecule has 0 fully saturated rings. The van der Waals surface area contributed by atoms with E-state index in [-0.39, 0.29) is 11.7 Å². The van der Waals surface area contributed by atoms with E-state index in [4.69, 9.17) is 4.55 Å². The summed E-state index contributed by atoms with van der Waals surface area (Å²) in [7, 11) is -3.66. The molecule has 0 aliphatic carbocycles. The molecule has 2 N–H and O–H groups in total. The van der Waals surface area contributed by atoms with Crippen LogP contribution < -0.4 is 5.32 Å². The summed E-state index contributed by atoms with van der Waals surface area (Å²) in [6.45, 7) is 6.37. The summed E-state index contributed by atoms with van der Waals surface area (Å²) >= 11 is 0. The number of unbranched alkanes of at least 4 members (excludes halogenated alkanes) is 10. The lowest BCUT2D eigenvalue weighted by Gasteiger charge is -2.03. The fourth-order valence-electron chi connectivity index (χ4n) is 2.24. The standard InChI is InChI=1S/C16H33NO.C2H6O3S/c1-3-5-6-7-8-9-10-11-12-13-14-15-16(18)17-4-2;1-2-6(3,4)5/h3-15H2,1-2H3,(H,17,18);2H2,1H3,(H,3,4,5). The normalized spacial score (nSPS) is 10.8. The molecule has 146 valence electrons. The highest BCUT2D eigenvalue weighted by atomic mass is 32.2. The number of rotatable bonds is 14. The first kappa shape index (κ1) is 25.6. The minimum Gasteiger partial charge on any atom is -0.356 e. The third-order valence-electron chi connectivity index (χ3n) is 3.75. The maximum absolute atomic E-state index is 11.2. The largest absolute Gasteiger partial charge is 0.356 e. The monoisotopic (exact) mass is 365 g/mol. The van der Waals surface area contributed by atoms with Gasteiger partial charge in [-0.05, 0) is 20.3 Å². The molecule has 0 aromatic carbocycles. The van der Waals surface area contributed by atoms with Crippen LogP contribution in [0.3, 0.4) is 0 Å². The van der Waals surface area contributed by atoms with Gasteiger partial charge in [0.1, 0.15) is 0 Å². The van der Waals surface area contributed by atoms with Crippen LogP contribution in [-0.2, 0) is 14.9 Å². The third kappa shape index (κ3) is 26.3. The summed E-state index contributed by atoms with van der Waals surface area (Å²) in [5.74, 6) is 0.0147. The van der Waals surface area contributed by atoms with Crippen molar-refractivity contribution in [2.45, 2.75) is 97.8 Å². The van der Waals surface area contributed by atoms with Crippen molar-refractivity contribution >= 4 is 16.0 Å². The zero-order chi connectivity index (χ0) is 18.7. The van der Waals surface area contributed by atoms with Crippen molar-refractivity contribution in [3.05, 3.63) is 0 Å². The van der Waals surface area contributed by atoms with Crippen LogP contribution in [0.1, 0.15) is 97.8 Å². The first-order valence-corrected chi connectivity index (χ1v) is 11.2. The molecule has 5 nitrogen and oxygen atoms in total. The summed E-state index contributed by atoms with van der Waals surface area (Å²) in [6, 6.07) is 0. The Labute approximate surface area is 149 Å². The van der Waals surface area contributed by atoms with E-state index in [0.717, 1.165) is 13.0 Å². The van der Waals surface area contributed by atoms with Crippen molar-refractivity contribution in [3.8, 4) is 0 Å². The summed E-state index contributed by atoms with van der Waals surface area (Å²) < 4.78 is 26.9. The number of hydrogen-bond acceptors (Lipinski definition) is 3. The van der Waals surface area contributed by atoms with Gasteiger partial charge in [0.2, 0.25) is 5.91 Å². The second-order valence-corrected chi connectivity index (χ2v) is 7.85. The summed E-state index contributed by atoms with van der Waals surface area (Å²) in [4.78, 5) is 11.2. The molecule has 0 radical (unpaired) electrons. The number of nitrogens with one attached hydrogen (secondary N) is 1. The lowest BCUT2D eigenvalue weighted by atomic mass is 10.1. The van der Waals surface area contributed by atoms with Crippen molar-refractivity contribution in [2.75, 3.05) is 12.3 Å². The highest BCUT2D eigenvalue weighted by Gasteiger charge is 1.98. The molecular formula is C18H39NO4S. The van der Waals surface area contributed by atoms with Crippen molar-refractivity contribution < 1.29 is 17.8 Å². The minimum atomic E-state index is -3.66. The highest BCUT2D eigenvalue weighted by Crippen LogP contribution is 2.11. The van der Waals surface area contributed by atoms with Gasteiger partial charge in [0, 0.05) is 13.0 Å². The lowest BCUT2D eigenvalue weighted by Crippen LogP contribution is -2.21. The van der Waals surface area contributed by atoms with E-state index >= 15 is 0 Å². The Hall–Kier alpha value is -0.620. The van der Waals surface area contributed by atoms with Gasteiger partial charge >= 0.3 is 0 Å². The zero-order valence-corrected chi connectivity index (χ0v) is 16.8. The van der Waals surface area contributed by atoms with Crippen LogP contribution in [0.5, 0.6) is 0 Å². The van der Waals surface area contributed by atoms with Gasteiger partial charge in [0.15, 0.2) is 0 Å². The molecule has 0 aliphatic rings. The minimum absolute atomic E-state index is 0.201. The maximum atomic E-state index is 11.2. The molecule has 0 aromatic heterocycles. The van der Waals surface area contributed by atoms with Crippen LogP contribution in [0, 0.1) is 0 Å². The van der Waals surface area contributed by atoms with E-state index in [9.17, 15) is 13.2 Å². The predicted octanol–water partition coefficient (Wildman–Crippen LogP) is 4.72. The molecule has 0 spiro atoms. The average Bonchev–Trinajstić information content (AvgIpc) is 2.53. The highest BCUT2D eigenvalue weighted by molar-refractivity contribution is 7.85. The third-order valence-corrected chi connectivity index (χ3v) is 4.48. The molecule has 0 rings (SSSR count). The molecule has 0 saturated heterocycles. The Kier molecular flexibility index (Phi) is 20.0. The molecule has 0 aromatic rings. The Morgan fingerprint density at radius 3 is 1.50 bits per heavy atom. The van der Waals surface area contributed by atoms with Crippen LogP contribution in [0.25, 0.3) is 0 Å². The van der Waals surface area contributed by atoms with E-state index < -0.39 is 10.1 Å². The second-order valence-electron chi connectivity index (χ2n) is 6.11. The molecule has 0 bridgehead atoms. The smallest absolute Gasteiger partial charge is 0.264 e. The van der Waals surface area contributed by atoms with Crippen molar-refractivity contribution in [1.29, 1.82) is 0 Å². The fourth-order valence-corrected chi connectivity index (χ4v) is 2.24. The first-order valence-electron chi connectivity index (χ1n) is 9.59. The van der Waals surface area contributed by atoms with Crippen LogP contribution in [0.15, 0.2) is 0 Å². The number of hydrogen-bond donors (Lipinski definition) is 2. The van der Waals surface area contributed by atoms with E-state index in [1.807, 2.05) is 6.92 Å². The summed E-state index contributed by atoms with van der Waals surface area (Å²) in [5.41, 5.74) is 0. The van der Waals surface area contributed by atoms with Gasteiger partial charge < -0.3 is 5.32 Å². The van der Waals surface area contributed by atoms with Crippen LogP contribution in [0.2, 0.25) is 0 Å². The van der Waals surface area contributed by atoms with Crippen molar-refractivity contribution in [1.82, 2.24) is 5.32 Å². The quantitative estimate of drug-likeness (QED) is 0.345. The topological polar surface area (TPSA) is 83.5 Å². The Bertz CT molecular complexity index is 369. The van der Waals surface area contributed by atoms with Gasteiger partial charge in [0.05, 0.1) is 5.75 Å². The second kappa shape index (κ2) is 18.7. The van der Waals surface area contributed by atoms with Gasteiger partial charge in [-0.2, -0.15) is 8.42 Å². The van der Waals surface area contributed by atoms with Crippen molar-refractivity contribution in [3.63, 3.8) is 0 Å². The SMILES string of the molecule is CCCCCCCCCCCCCC(=O)NCC.CCS(=O)(=O)O. The average molecular weight is 366 g/mol. The molecule has 0 heterocycles. The van der Waals surface area contributed by atoms with Crippen LogP contribution in [-0.4, -0.2) is 31.2 Å². The fraction of sp³-hybridized carbons (Fsp3) is 0.944. The molecule has 0 saturated carbocycles. The Balaban J connectivity index is 0. The lowest BCUT2D eigenvalue weighted by molar-refractivity contribution is -0.121. The van der Waals surface area contributed by atoms with Gasteiger partial charge in [-0.15, -0.1) is 0 Å². The number of carbonyl (C=O) groups is 1. The Morgan fingerprint density at radius 1 is 0.792 bits per heavy atom. The summed E-state index contributed by atoms with van der Waals surface area (Å²) in [5, 5.41) is 2.84. The zero-order valence-electron chi connectivity index (χ0n) is 16.0. The van der Waals surface area contributed by atoms with Crippen LogP contribution in [0.4, 0.5) is 0 Å². The Morgan fingerprint density at radius 2 is 1.17 bits per heavy atom. The van der Waals surface area contributed by atoms with Gasteiger partial charge in [-0.3, -0.25) is 9.35 Å². The summed E-state index contributed by atoms with van der Waals surface area (Å²) in [6.07, 6.45) is 15.4. The van der Waals surface area contributed by atoms with E-state index in [0.29, 0.717) is 6.42 Å². The molecular weight excluding hydrogens is 326 g/mol. The molecule has 0 aliphatic heterocycles. The molecule has 24 heavy (non-hydrogen) atoms. The van der Waals surface area contributed by atoms with E-state index in [1.54, 1.807) is 0 Å². The number of amides is 1. The van der Waals surface area contributed by atoms with Crippen LogP contribution >= 0.6 is 0 Å². The molecule has 1 amide bonds. The number of carbonyl (C=O) groups excluding carboxylic acids is 1. The van der Waals surface area contributed by atoms with Gasteiger partial charge in [0.25, 0.3) is 10.1 Å². The van der Waals surface area contributed by atoms with Gasteiger partial charge in [-0.25, -0.2) is 0 Å². The molecule has 0 unspecified atom stereocenters. The van der Waals surface area contributed by atoms with Crippen molar-refractivity contribution in [2.24, 2.45) is 0 Å². The first-order chi connectivity index (χ1) is 11.4. The predicted molar refractivity (Wildman–Crippen MR) is 102 cm³/mol. The molecule has 6 heteroatoms. The molecule has 0 atom stereocenters. The maximum Gasteiger partial charge on any atom is 0.264 e. The van der Waals surface area contributed by atoms with E-state index in [2.05, 4.69) is 12.2 Å². The van der Waals surface area contributed by atoms with Gasteiger partial charge in [-0.1, -0.05) is 71.1 Å².